The Labute approximate surface area is 88.8 Å². The average Bonchev–Trinajstić information content (AvgIpc) is 2.08. The van der Waals surface area contributed by atoms with Gasteiger partial charge in [-0.2, -0.15) is 0 Å². The highest BCUT2D eigenvalue weighted by Gasteiger charge is 2.35. The third kappa shape index (κ3) is 2.71. The van der Waals surface area contributed by atoms with Gasteiger partial charge in [-0.1, -0.05) is 20.3 Å². The van der Waals surface area contributed by atoms with Crippen LogP contribution in [0.2, 0.25) is 0 Å². The lowest BCUT2D eigenvalue weighted by atomic mass is 9.75. The van der Waals surface area contributed by atoms with Crippen LogP contribution in [0.1, 0.15) is 39.5 Å². The molecule has 0 amide bonds. The SMILES string of the molecule is CC1(C)CCCCC1OC(=O)C(=O)Cl. The molecule has 0 heterocycles. The number of ether oxygens (including phenoxy) is 1. The molecule has 1 atom stereocenters. The molecule has 14 heavy (non-hydrogen) atoms. The monoisotopic (exact) mass is 218 g/mol. The molecule has 0 bridgehead atoms. The maximum absolute atomic E-state index is 11.0. The summed E-state index contributed by atoms with van der Waals surface area (Å²) in [6.07, 6.45) is 3.85. The van der Waals surface area contributed by atoms with Crippen LogP contribution in [-0.2, 0) is 14.3 Å². The van der Waals surface area contributed by atoms with Gasteiger partial charge in [-0.05, 0) is 30.9 Å². The summed E-state index contributed by atoms with van der Waals surface area (Å²) in [4.78, 5) is 21.5. The molecule has 0 radical (unpaired) electrons. The highest BCUT2D eigenvalue weighted by atomic mass is 35.5. The lowest BCUT2D eigenvalue weighted by molar-refractivity contribution is -0.161. The van der Waals surface area contributed by atoms with Gasteiger partial charge in [-0.25, -0.2) is 4.79 Å². The van der Waals surface area contributed by atoms with Gasteiger partial charge in [0.05, 0.1) is 0 Å². The molecule has 4 heteroatoms. The van der Waals surface area contributed by atoms with Crippen molar-refractivity contribution in [3.05, 3.63) is 0 Å². The maximum Gasteiger partial charge on any atom is 0.391 e. The first-order chi connectivity index (χ1) is 6.43. The normalized spacial score (nSPS) is 25.5. The predicted molar refractivity (Wildman–Crippen MR) is 53.0 cm³/mol. The second-order valence-electron chi connectivity index (χ2n) is 4.40. The van der Waals surface area contributed by atoms with Crippen molar-refractivity contribution in [3.63, 3.8) is 0 Å². The molecular formula is C10H15ClO3. The minimum absolute atomic E-state index is 0.0414. The van der Waals surface area contributed by atoms with Crippen molar-refractivity contribution >= 4 is 22.8 Å². The van der Waals surface area contributed by atoms with Crippen molar-refractivity contribution in [1.29, 1.82) is 0 Å². The largest absolute Gasteiger partial charge is 0.455 e. The molecule has 1 aliphatic rings. The van der Waals surface area contributed by atoms with Gasteiger partial charge in [-0.3, -0.25) is 4.79 Å². The summed E-state index contributed by atoms with van der Waals surface area (Å²) in [7, 11) is 0. The van der Waals surface area contributed by atoms with Crippen LogP contribution in [-0.4, -0.2) is 17.3 Å². The molecular weight excluding hydrogens is 204 g/mol. The predicted octanol–water partition coefficient (Wildman–Crippen LogP) is 2.26. The van der Waals surface area contributed by atoms with Gasteiger partial charge >= 0.3 is 11.2 Å². The Kier molecular flexibility index (Phi) is 3.53. The molecule has 0 N–H and O–H groups in total. The van der Waals surface area contributed by atoms with Crippen molar-refractivity contribution in [2.45, 2.75) is 45.6 Å². The third-order valence-corrected chi connectivity index (χ3v) is 2.97. The summed E-state index contributed by atoms with van der Waals surface area (Å²) in [6, 6.07) is 0. The van der Waals surface area contributed by atoms with E-state index in [1.54, 1.807) is 0 Å². The van der Waals surface area contributed by atoms with Gasteiger partial charge in [0.25, 0.3) is 0 Å². The number of hydrogen-bond donors (Lipinski definition) is 0. The van der Waals surface area contributed by atoms with Gasteiger partial charge in [0.2, 0.25) is 0 Å². The number of carbonyl (C=O) groups is 2. The smallest absolute Gasteiger partial charge is 0.391 e. The number of esters is 1. The summed E-state index contributed by atoms with van der Waals surface area (Å²) >= 11 is 5.03. The number of halogens is 1. The van der Waals surface area contributed by atoms with Crippen LogP contribution < -0.4 is 0 Å². The molecule has 0 saturated heterocycles. The van der Waals surface area contributed by atoms with E-state index in [2.05, 4.69) is 0 Å². The number of rotatable bonds is 2. The minimum Gasteiger partial charge on any atom is -0.455 e. The zero-order valence-electron chi connectivity index (χ0n) is 8.51. The van der Waals surface area contributed by atoms with E-state index in [1.165, 1.54) is 0 Å². The van der Waals surface area contributed by atoms with Crippen molar-refractivity contribution in [1.82, 2.24) is 0 Å². The van der Waals surface area contributed by atoms with E-state index in [1.807, 2.05) is 13.8 Å². The third-order valence-electron chi connectivity index (χ3n) is 2.82. The van der Waals surface area contributed by atoms with Gasteiger partial charge in [0, 0.05) is 5.41 Å². The molecule has 0 aromatic rings. The molecule has 1 aliphatic carbocycles. The summed E-state index contributed by atoms with van der Waals surface area (Å²) in [5, 5.41) is -1.04. The van der Waals surface area contributed by atoms with Crippen LogP contribution in [0.15, 0.2) is 0 Å². The molecule has 1 unspecified atom stereocenters. The highest BCUT2D eigenvalue weighted by Crippen LogP contribution is 2.37. The van der Waals surface area contributed by atoms with E-state index in [4.69, 9.17) is 16.3 Å². The second-order valence-corrected chi connectivity index (χ2v) is 4.75. The van der Waals surface area contributed by atoms with Crippen molar-refractivity contribution in [2.24, 2.45) is 5.41 Å². The van der Waals surface area contributed by atoms with Crippen LogP contribution >= 0.6 is 11.6 Å². The zero-order valence-corrected chi connectivity index (χ0v) is 9.26. The van der Waals surface area contributed by atoms with Crippen LogP contribution in [0.3, 0.4) is 0 Å². The lowest BCUT2D eigenvalue weighted by Crippen LogP contribution is -2.37. The number of carbonyl (C=O) groups excluding carboxylic acids is 2. The Morgan fingerprint density at radius 1 is 1.36 bits per heavy atom. The molecule has 80 valence electrons. The highest BCUT2D eigenvalue weighted by molar-refractivity contribution is 6.80. The standard InChI is InChI=1S/C10H15ClO3/c1-10(2)6-4-3-5-7(10)14-9(13)8(11)12/h7H,3-6H2,1-2H3. The summed E-state index contributed by atoms with van der Waals surface area (Å²) < 4.78 is 5.05. The zero-order chi connectivity index (χ0) is 10.8. The van der Waals surface area contributed by atoms with Crippen LogP contribution in [0.4, 0.5) is 0 Å². The fourth-order valence-electron chi connectivity index (χ4n) is 1.86. The molecule has 0 aromatic heterocycles. The molecule has 0 aliphatic heterocycles. The van der Waals surface area contributed by atoms with Crippen LogP contribution in [0, 0.1) is 5.41 Å². The molecule has 1 fully saturated rings. The first-order valence-electron chi connectivity index (χ1n) is 4.84. The fraction of sp³-hybridized carbons (Fsp3) is 0.800. The van der Waals surface area contributed by atoms with E-state index < -0.39 is 11.2 Å². The van der Waals surface area contributed by atoms with Crippen molar-refractivity contribution < 1.29 is 14.3 Å². The minimum atomic E-state index is -1.04. The summed E-state index contributed by atoms with van der Waals surface area (Å²) in [6.45, 7) is 4.09. The molecule has 3 nitrogen and oxygen atoms in total. The first kappa shape index (κ1) is 11.5. The lowest BCUT2D eigenvalue weighted by Gasteiger charge is -2.37. The van der Waals surface area contributed by atoms with Gasteiger partial charge < -0.3 is 4.74 Å². The van der Waals surface area contributed by atoms with Crippen LogP contribution in [0.5, 0.6) is 0 Å². The van der Waals surface area contributed by atoms with E-state index in [9.17, 15) is 9.59 Å². The molecule has 1 saturated carbocycles. The molecule has 1 rings (SSSR count). The Morgan fingerprint density at radius 3 is 2.50 bits per heavy atom. The van der Waals surface area contributed by atoms with Crippen LogP contribution in [0.25, 0.3) is 0 Å². The van der Waals surface area contributed by atoms with Gasteiger partial charge in [0.1, 0.15) is 6.10 Å². The Morgan fingerprint density at radius 2 is 2.00 bits per heavy atom. The topological polar surface area (TPSA) is 43.4 Å². The second kappa shape index (κ2) is 4.30. The van der Waals surface area contributed by atoms with Crippen molar-refractivity contribution in [2.75, 3.05) is 0 Å². The Bertz CT molecular complexity index is 248. The van der Waals surface area contributed by atoms with E-state index in [0.29, 0.717) is 0 Å². The fourth-order valence-corrected chi connectivity index (χ4v) is 1.90. The Hall–Kier alpha value is -0.570. The van der Waals surface area contributed by atoms with Crippen molar-refractivity contribution in [3.8, 4) is 0 Å². The van der Waals surface area contributed by atoms with E-state index in [-0.39, 0.29) is 11.5 Å². The Balaban J connectivity index is 2.58. The molecule has 0 aromatic carbocycles. The molecule has 0 spiro atoms. The van der Waals surface area contributed by atoms with E-state index >= 15 is 0 Å². The first-order valence-corrected chi connectivity index (χ1v) is 5.22. The summed E-state index contributed by atoms with van der Waals surface area (Å²) in [5.41, 5.74) is -0.0414. The quantitative estimate of drug-likeness (QED) is 0.406. The maximum atomic E-state index is 11.0. The van der Waals surface area contributed by atoms with E-state index in [0.717, 1.165) is 25.7 Å². The van der Waals surface area contributed by atoms with Gasteiger partial charge in [-0.15, -0.1) is 0 Å². The number of hydrogen-bond acceptors (Lipinski definition) is 3. The summed E-state index contributed by atoms with van der Waals surface area (Å²) in [5.74, 6) is -0.924. The van der Waals surface area contributed by atoms with Gasteiger partial charge in [0.15, 0.2) is 0 Å². The average molecular weight is 219 g/mol.